The summed E-state index contributed by atoms with van der Waals surface area (Å²) >= 11 is 2.14. The van der Waals surface area contributed by atoms with Crippen LogP contribution in [0.5, 0.6) is 11.5 Å². The second kappa shape index (κ2) is 5.66. The molecule has 0 atom stereocenters. The molecule has 0 saturated heterocycles. The van der Waals surface area contributed by atoms with Crippen LogP contribution in [0.1, 0.15) is 26.3 Å². The van der Waals surface area contributed by atoms with E-state index in [0.717, 1.165) is 14.0 Å². The number of carbonyl (C=O) groups excluding carboxylic acids is 2. The zero-order valence-electron chi connectivity index (χ0n) is 12.6. The Kier molecular flexibility index (Phi) is 3.57. The van der Waals surface area contributed by atoms with Crippen molar-refractivity contribution in [2.75, 3.05) is 0 Å². The zero-order chi connectivity index (χ0) is 17.7. The fourth-order valence-corrected chi connectivity index (χ4v) is 3.51. The van der Waals surface area contributed by atoms with Crippen molar-refractivity contribution in [3.05, 3.63) is 56.9 Å². The van der Waals surface area contributed by atoms with Crippen molar-refractivity contribution in [1.82, 2.24) is 14.9 Å². The number of imide groups is 1. The molecule has 4 rings (SSSR count). The molecule has 0 saturated carbocycles. The predicted molar refractivity (Wildman–Crippen MR) is 96.2 cm³/mol. The van der Waals surface area contributed by atoms with Gasteiger partial charge in [0.1, 0.15) is 22.2 Å². The number of phenolic OH excluding ortho intramolecular Hbond substituents is 2. The minimum atomic E-state index is -0.667. The van der Waals surface area contributed by atoms with E-state index in [4.69, 9.17) is 0 Å². The molecular weight excluding hydrogens is 437 g/mol. The van der Waals surface area contributed by atoms with Gasteiger partial charge in [0.25, 0.3) is 11.8 Å². The molecular formula is C17H10IN3O4. The van der Waals surface area contributed by atoms with Crippen molar-refractivity contribution in [3.63, 3.8) is 0 Å². The molecule has 2 aromatic carbocycles. The van der Waals surface area contributed by atoms with E-state index in [1.165, 1.54) is 12.4 Å². The molecule has 2 N–H and O–H groups in total. The summed E-state index contributed by atoms with van der Waals surface area (Å²) in [6.07, 6.45) is 2.66. The highest BCUT2D eigenvalue weighted by Crippen LogP contribution is 2.42. The molecule has 1 aliphatic rings. The number of aromatic nitrogens is 2. The van der Waals surface area contributed by atoms with Crippen LogP contribution in [0.25, 0.3) is 11.0 Å². The lowest BCUT2D eigenvalue weighted by atomic mass is 10.1. The molecule has 1 aliphatic heterocycles. The fraction of sp³-hybridized carbons (Fsp3) is 0.0588. The molecule has 1 aromatic heterocycles. The van der Waals surface area contributed by atoms with E-state index < -0.39 is 23.3 Å². The van der Waals surface area contributed by atoms with Crippen LogP contribution in [-0.4, -0.2) is 36.9 Å². The van der Waals surface area contributed by atoms with E-state index in [2.05, 4.69) is 32.6 Å². The zero-order valence-corrected chi connectivity index (χ0v) is 14.8. The first-order chi connectivity index (χ1) is 12.0. The van der Waals surface area contributed by atoms with Gasteiger partial charge in [-0.1, -0.05) is 12.1 Å². The molecule has 3 aromatic rings. The Morgan fingerprint density at radius 3 is 2.04 bits per heavy atom. The van der Waals surface area contributed by atoms with Crippen LogP contribution < -0.4 is 0 Å². The Labute approximate surface area is 155 Å². The largest absolute Gasteiger partial charge is 0.505 e. The van der Waals surface area contributed by atoms with Crippen molar-refractivity contribution in [3.8, 4) is 11.5 Å². The lowest BCUT2D eigenvalue weighted by molar-refractivity contribution is 0.0641. The van der Waals surface area contributed by atoms with Crippen molar-refractivity contribution < 1.29 is 19.8 Å². The first kappa shape index (κ1) is 15.8. The number of fused-ring (bicyclic) bond motifs is 2. The van der Waals surface area contributed by atoms with Gasteiger partial charge in [-0.25, -0.2) is 9.97 Å². The summed E-state index contributed by atoms with van der Waals surface area (Å²) < 4.78 is 0.969. The SMILES string of the molecule is O=C1c2c(c(O)c3nccnc3c2O)C(=O)N1Cc1cccc(I)c1. The highest BCUT2D eigenvalue weighted by Gasteiger charge is 2.42. The summed E-state index contributed by atoms with van der Waals surface area (Å²) in [6, 6.07) is 7.37. The van der Waals surface area contributed by atoms with Crippen LogP contribution in [0, 0.1) is 3.57 Å². The number of phenols is 2. The molecule has 2 amide bonds. The molecule has 0 aliphatic carbocycles. The van der Waals surface area contributed by atoms with E-state index >= 15 is 0 Å². The van der Waals surface area contributed by atoms with Crippen molar-refractivity contribution in [2.24, 2.45) is 0 Å². The Balaban J connectivity index is 1.86. The lowest BCUT2D eigenvalue weighted by Gasteiger charge is -2.14. The minimum Gasteiger partial charge on any atom is -0.505 e. The molecule has 25 heavy (non-hydrogen) atoms. The van der Waals surface area contributed by atoms with Crippen LogP contribution >= 0.6 is 22.6 Å². The maximum Gasteiger partial charge on any atom is 0.265 e. The lowest BCUT2D eigenvalue weighted by Crippen LogP contribution is -2.29. The molecule has 0 spiro atoms. The van der Waals surface area contributed by atoms with Crippen molar-refractivity contribution in [1.29, 1.82) is 0 Å². The van der Waals surface area contributed by atoms with E-state index in [0.29, 0.717) is 0 Å². The summed E-state index contributed by atoms with van der Waals surface area (Å²) in [5.41, 5.74) is 0.260. The predicted octanol–water partition coefficient (Wildman–Crippen LogP) is 2.44. The van der Waals surface area contributed by atoms with Gasteiger partial charge in [-0.3, -0.25) is 14.5 Å². The van der Waals surface area contributed by atoms with E-state index in [1.807, 2.05) is 18.2 Å². The number of aromatic hydroxyl groups is 2. The number of halogens is 1. The normalized spacial score (nSPS) is 13.6. The first-order valence-electron chi connectivity index (χ1n) is 7.28. The van der Waals surface area contributed by atoms with Gasteiger partial charge >= 0.3 is 0 Å². The van der Waals surface area contributed by atoms with Crippen LogP contribution in [0.15, 0.2) is 36.7 Å². The number of nitrogens with zero attached hydrogens (tertiary/aromatic N) is 3. The van der Waals surface area contributed by atoms with Gasteiger partial charge in [0.2, 0.25) is 0 Å². The highest BCUT2D eigenvalue weighted by atomic mass is 127. The molecule has 0 radical (unpaired) electrons. The molecule has 0 bridgehead atoms. The first-order valence-corrected chi connectivity index (χ1v) is 8.36. The minimum absolute atomic E-state index is 0.0176. The maximum absolute atomic E-state index is 12.7. The van der Waals surface area contributed by atoms with Gasteiger partial charge < -0.3 is 10.2 Å². The summed E-state index contributed by atoms with van der Waals surface area (Å²) in [4.78, 5) is 34.3. The Morgan fingerprint density at radius 2 is 1.52 bits per heavy atom. The average molecular weight is 447 g/mol. The second-order valence-corrected chi connectivity index (χ2v) is 6.77. The highest BCUT2D eigenvalue weighted by molar-refractivity contribution is 14.1. The van der Waals surface area contributed by atoms with Gasteiger partial charge in [0, 0.05) is 16.0 Å². The molecule has 2 heterocycles. The second-order valence-electron chi connectivity index (χ2n) is 5.53. The van der Waals surface area contributed by atoms with E-state index in [9.17, 15) is 19.8 Å². The maximum atomic E-state index is 12.7. The van der Waals surface area contributed by atoms with Crippen LogP contribution in [-0.2, 0) is 6.54 Å². The number of hydrogen-bond donors (Lipinski definition) is 2. The van der Waals surface area contributed by atoms with Crippen LogP contribution in [0.3, 0.4) is 0 Å². The average Bonchev–Trinajstić information content (AvgIpc) is 2.85. The van der Waals surface area contributed by atoms with E-state index in [1.54, 1.807) is 6.07 Å². The standard InChI is InChI=1S/C17H10IN3O4/c18-9-3-1-2-8(6-9)7-21-16(24)10-11(17(21)25)15(23)13-12(14(10)22)19-4-5-20-13/h1-6,22-23H,7H2. The van der Waals surface area contributed by atoms with Gasteiger partial charge in [0.15, 0.2) is 11.5 Å². The molecule has 0 fully saturated rings. The molecule has 0 unspecified atom stereocenters. The number of hydrogen-bond acceptors (Lipinski definition) is 6. The molecule has 7 nitrogen and oxygen atoms in total. The van der Waals surface area contributed by atoms with E-state index in [-0.39, 0.29) is 28.7 Å². The third kappa shape index (κ3) is 2.32. The van der Waals surface area contributed by atoms with Crippen molar-refractivity contribution >= 4 is 45.4 Å². The Bertz CT molecular complexity index is 1010. The number of carbonyl (C=O) groups is 2. The monoisotopic (exact) mass is 447 g/mol. The van der Waals surface area contributed by atoms with Crippen molar-refractivity contribution in [2.45, 2.75) is 6.54 Å². The summed E-state index contributed by atoms with van der Waals surface area (Å²) in [6.45, 7) is 0.0409. The molecule has 124 valence electrons. The topological polar surface area (TPSA) is 104 Å². The molecule has 8 heteroatoms. The van der Waals surface area contributed by atoms with Gasteiger partial charge in [-0.15, -0.1) is 0 Å². The third-order valence-electron chi connectivity index (χ3n) is 4.02. The van der Waals surface area contributed by atoms with Crippen LogP contribution in [0.4, 0.5) is 0 Å². The summed E-state index contributed by atoms with van der Waals surface area (Å²) in [7, 11) is 0. The Hall–Kier alpha value is -2.75. The number of amides is 2. The smallest absolute Gasteiger partial charge is 0.265 e. The Morgan fingerprint density at radius 1 is 0.960 bits per heavy atom. The number of rotatable bonds is 2. The fourth-order valence-electron chi connectivity index (χ4n) is 2.90. The number of benzene rings is 2. The van der Waals surface area contributed by atoms with Gasteiger partial charge in [-0.2, -0.15) is 0 Å². The summed E-state index contributed by atoms with van der Waals surface area (Å²) in [5, 5.41) is 20.8. The summed E-state index contributed by atoms with van der Waals surface area (Å²) in [5.74, 6) is -2.22. The van der Waals surface area contributed by atoms with Gasteiger partial charge in [-0.05, 0) is 40.3 Å². The third-order valence-corrected chi connectivity index (χ3v) is 4.69. The quantitative estimate of drug-likeness (QED) is 0.356. The van der Waals surface area contributed by atoms with Gasteiger partial charge in [0.05, 0.1) is 6.54 Å². The van der Waals surface area contributed by atoms with Crippen LogP contribution in [0.2, 0.25) is 0 Å².